The number of imidazole rings is 1. The summed E-state index contributed by atoms with van der Waals surface area (Å²) in [5.74, 6) is 2.51. The van der Waals surface area contributed by atoms with Gasteiger partial charge in [0.15, 0.2) is 5.96 Å². The normalized spacial score (nSPS) is 20.3. The van der Waals surface area contributed by atoms with Crippen LogP contribution < -0.4 is 10.6 Å². The Kier molecular flexibility index (Phi) is 6.55. The number of nitrogens with zero attached hydrogens (tertiary/aromatic N) is 4. The van der Waals surface area contributed by atoms with Crippen LogP contribution >= 0.6 is 0 Å². The maximum atomic E-state index is 12.6. The van der Waals surface area contributed by atoms with Gasteiger partial charge in [0.25, 0.3) is 0 Å². The largest absolute Gasteiger partial charge is 0.356 e. The molecule has 1 amide bonds. The second-order valence-corrected chi connectivity index (χ2v) is 8.55. The highest BCUT2D eigenvalue weighted by molar-refractivity contribution is 5.81. The molecular formula is C23H34N6O. The predicted molar refractivity (Wildman–Crippen MR) is 121 cm³/mol. The van der Waals surface area contributed by atoms with Crippen LogP contribution in [0.2, 0.25) is 0 Å². The standard InChI is InChI=1S/C23H34N6O/c1-17-26-20-10-5-6-11-21(20)29(17)14-7-13-25-23(24-2)27-19-12-15-28(16-19)22(30)18-8-3-4-9-18/h5-6,10-11,18-19H,3-4,7-9,12-16H2,1-2H3,(H2,24,25,27). The molecule has 2 aliphatic rings. The van der Waals surface area contributed by atoms with Gasteiger partial charge in [-0.2, -0.15) is 0 Å². The third kappa shape index (κ3) is 4.60. The first-order chi connectivity index (χ1) is 14.7. The Morgan fingerprint density at radius 2 is 2.03 bits per heavy atom. The quantitative estimate of drug-likeness (QED) is 0.436. The van der Waals surface area contributed by atoms with E-state index < -0.39 is 0 Å². The zero-order valence-corrected chi connectivity index (χ0v) is 18.2. The molecule has 1 saturated carbocycles. The molecule has 1 atom stereocenters. The number of amides is 1. The van der Waals surface area contributed by atoms with Gasteiger partial charge in [-0.05, 0) is 44.7 Å². The van der Waals surface area contributed by atoms with Gasteiger partial charge in [-0.3, -0.25) is 9.79 Å². The zero-order chi connectivity index (χ0) is 20.9. The highest BCUT2D eigenvalue weighted by atomic mass is 16.2. The second-order valence-electron chi connectivity index (χ2n) is 8.55. The van der Waals surface area contributed by atoms with E-state index in [2.05, 4.69) is 50.3 Å². The number of carbonyl (C=O) groups excluding carboxylic acids is 1. The number of aliphatic imine (C=N–C) groups is 1. The van der Waals surface area contributed by atoms with Gasteiger partial charge in [0.05, 0.1) is 11.0 Å². The summed E-state index contributed by atoms with van der Waals surface area (Å²) in [4.78, 5) is 23.7. The molecule has 1 aromatic carbocycles. The van der Waals surface area contributed by atoms with Crippen molar-refractivity contribution >= 4 is 22.9 Å². The number of rotatable bonds is 6. The van der Waals surface area contributed by atoms with Gasteiger partial charge in [-0.25, -0.2) is 4.98 Å². The van der Waals surface area contributed by atoms with E-state index in [0.29, 0.717) is 5.91 Å². The number of fused-ring (bicyclic) bond motifs is 1. The third-order valence-corrected chi connectivity index (χ3v) is 6.47. The molecule has 2 heterocycles. The van der Waals surface area contributed by atoms with Crippen LogP contribution in [0.4, 0.5) is 0 Å². The molecule has 2 N–H and O–H groups in total. The Labute approximate surface area is 178 Å². The first-order valence-electron chi connectivity index (χ1n) is 11.3. The lowest BCUT2D eigenvalue weighted by Gasteiger charge is -2.21. The van der Waals surface area contributed by atoms with Crippen molar-refractivity contribution in [2.75, 3.05) is 26.7 Å². The van der Waals surface area contributed by atoms with Crippen molar-refractivity contribution < 1.29 is 4.79 Å². The van der Waals surface area contributed by atoms with Crippen molar-refractivity contribution in [2.24, 2.45) is 10.9 Å². The number of carbonyl (C=O) groups is 1. The summed E-state index contributed by atoms with van der Waals surface area (Å²) < 4.78 is 2.27. The second kappa shape index (κ2) is 9.49. The topological polar surface area (TPSA) is 74.6 Å². The van der Waals surface area contributed by atoms with E-state index in [9.17, 15) is 4.79 Å². The SMILES string of the molecule is CN=C(NCCCn1c(C)nc2ccccc21)NC1CCN(C(=O)C2CCCC2)C1. The maximum Gasteiger partial charge on any atom is 0.225 e. The summed E-state index contributed by atoms with van der Waals surface area (Å²) in [7, 11) is 1.80. The lowest BCUT2D eigenvalue weighted by atomic mass is 10.1. The predicted octanol–water partition coefficient (Wildman–Crippen LogP) is 2.69. The van der Waals surface area contributed by atoms with Crippen molar-refractivity contribution in [2.45, 2.75) is 58.0 Å². The van der Waals surface area contributed by atoms with Gasteiger partial charge < -0.3 is 20.1 Å². The highest BCUT2D eigenvalue weighted by Crippen LogP contribution is 2.27. The molecule has 2 fully saturated rings. The van der Waals surface area contributed by atoms with E-state index in [-0.39, 0.29) is 12.0 Å². The number of para-hydroxylation sites is 2. The molecule has 162 valence electrons. The Hall–Kier alpha value is -2.57. The minimum atomic E-state index is 0.268. The molecule has 7 nitrogen and oxygen atoms in total. The summed E-state index contributed by atoms with van der Waals surface area (Å²) in [6.45, 7) is 5.46. The average molecular weight is 411 g/mol. The summed E-state index contributed by atoms with van der Waals surface area (Å²) in [5, 5.41) is 6.93. The number of aromatic nitrogens is 2. The van der Waals surface area contributed by atoms with Crippen LogP contribution in [0.25, 0.3) is 11.0 Å². The van der Waals surface area contributed by atoms with Crippen LogP contribution in [0.1, 0.15) is 44.3 Å². The molecule has 2 aromatic rings. The van der Waals surface area contributed by atoms with Gasteiger partial charge in [-0.15, -0.1) is 0 Å². The first-order valence-corrected chi connectivity index (χ1v) is 11.3. The Morgan fingerprint density at radius 1 is 1.23 bits per heavy atom. The van der Waals surface area contributed by atoms with Crippen molar-refractivity contribution in [3.63, 3.8) is 0 Å². The molecule has 0 radical (unpaired) electrons. The highest BCUT2D eigenvalue weighted by Gasteiger charge is 2.32. The number of benzene rings is 1. The summed E-state index contributed by atoms with van der Waals surface area (Å²) in [5.41, 5.74) is 2.24. The van der Waals surface area contributed by atoms with E-state index in [1.54, 1.807) is 7.05 Å². The fraction of sp³-hybridized carbons (Fsp3) is 0.609. The first kappa shape index (κ1) is 20.7. The number of hydrogen-bond donors (Lipinski definition) is 2. The maximum absolute atomic E-state index is 12.6. The molecule has 1 aliphatic heterocycles. The molecule has 0 spiro atoms. The third-order valence-electron chi connectivity index (χ3n) is 6.47. The van der Waals surface area contributed by atoms with Crippen molar-refractivity contribution in [3.8, 4) is 0 Å². The number of guanidine groups is 1. The van der Waals surface area contributed by atoms with E-state index >= 15 is 0 Å². The minimum Gasteiger partial charge on any atom is -0.356 e. The van der Waals surface area contributed by atoms with Crippen LogP contribution in [0.5, 0.6) is 0 Å². The summed E-state index contributed by atoms with van der Waals surface area (Å²) >= 11 is 0. The fourth-order valence-corrected chi connectivity index (χ4v) is 4.82. The van der Waals surface area contributed by atoms with E-state index in [1.165, 1.54) is 18.4 Å². The minimum absolute atomic E-state index is 0.268. The molecule has 1 saturated heterocycles. The smallest absolute Gasteiger partial charge is 0.225 e. The summed E-state index contributed by atoms with van der Waals surface area (Å²) in [6.07, 6.45) is 6.52. The van der Waals surface area contributed by atoms with Crippen molar-refractivity contribution in [1.82, 2.24) is 25.1 Å². The molecule has 0 bridgehead atoms. The lowest BCUT2D eigenvalue weighted by Crippen LogP contribution is -2.45. The van der Waals surface area contributed by atoms with Gasteiger partial charge in [0.2, 0.25) is 5.91 Å². The van der Waals surface area contributed by atoms with Gasteiger partial charge in [-0.1, -0.05) is 25.0 Å². The van der Waals surface area contributed by atoms with Crippen molar-refractivity contribution in [1.29, 1.82) is 0 Å². The van der Waals surface area contributed by atoms with Gasteiger partial charge in [0.1, 0.15) is 5.82 Å². The number of hydrogen-bond acceptors (Lipinski definition) is 3. The molecule has 7 heteroatoms. The number of nitrogens with one attached hydrogen (secondary N) is 2. The van der Waals surface area contributed by atoms with E-state index in [0.717, 1.165) is 69.2 Å². The fourth-order valence-electron chi connectivity index (χ4n) is 4.82. The van der Waals surface area contributed by atoms with Crippen molar-refractivity contribution in [3.05, 3.63) is 30.1 Å². The Morgan fingerprint density at radius 3 is 2.83 bits per heavy atom. The van der Waals surface area contributed by atoms with Crippen LogP contribution in [0, 0.1) is 12.8 Å². The Balaban J connectivity index is 1.22. The van der Waals surface area contributed by atoms with Crippen LogP contribution in [0.3, 0.4) is 0 Å². The molecular weight excluding hydrogens is 376 g/mol. The molecule has 30 heavy (non-hydrogen) atoms. The molecule has 1 aliphatic carbocycles. The van der Waals surface area contributed by atoms with Gasteiger partial charge in [0, 0.05) is 45.2 Å². The number of aryl methyl sites for hydroxylation is 2. The molecule has 1 aromatic heterocycles. The van der Waals surface area contributed by atoms with E-state index in [4.69, 9.17) is 0 Å². The van der Waals surface area contributed by atoms with Crippen LogP contribution in [-0.4, -0.2) is 59.0 Å². The summed E-state index contributed by atoms with van der Waals surface area (Å²) in [6, 6.07) is 8.56. The Bertz CT molecular complexity index is 898. The molecule has 4 rings (SSSR count). The number of likely N-dealkylation sites (tertiary alicyclic amines) is 1. The lowest BCUT2D eigenvalue weighted by molar-refractivity contribution is -0.134. The van der Waals surface area contributed by atoms with Crippen LogP contribution in [0.15, 0.2) is 29.3 Å². The average Bonchev–Trinajstić information content (AvgIpc) is 3.50. The molecule has 1 unspecified atom stereocenters. The zero-order valence-electron chi connectivity index (χ0n) is 18.2. The van der Waals surface area contributed by atoms with Gasteiger partial charge >= 0.3 is 0 Å². The monoisotopic (exact) mass is 410 g/mol. The van der Waals surface area contributed by atoms with E-state index in [1.807, 2.05) is 11.0 Å². The van der Waals surface area contributed by atoms with Crippen LogP contribution in [-0.2, 0) is 11.3 Å².